The van der Waals surface area contributed by atoms with Gasteiger partial charge < -0.3 is 16.0 Å². The van der Waals surface area contributed by atoms with Gasteiger partial charge in [-0.25, -0.2) is 4.39 Å². The Bertz CT molecular complexity index is 835. The SMILES string of the molecule is CC(CC(=O)Nc1ccc(F)c(NC(=O)Cc2ccccc2)c1)C1CCCNC1. The molecule has 2 atom stereocenters. The number of nitrogens with one attached hydrogen (secondary N) is 3. The molecule has 1 saturated heterocycles. The van der Waals surface area contributed by atoms with Gasteiger partial charge in [-0.15, -0.1) is 0 Å². The molecule has 1 aliphatic rings. The number of benzene rings is 2. The summed E-state index contributed by atoms with van der Waals surface area (Å²) in [5.74, 6) is -0.178. The molecule has 0 aromatic heterocycles. The summed E-state index contributed by atoms with van der Waals surface area (Å²) in [6, 6.07) is 13.5. The molecule has 1 aliphatic heterocycles. The lowest BCUT2D eigenvalue weighted by Gasteiger charge is -2.28. The Morgan fingerprint density at radius 3 is 2.66 bits per heavy atom. The van der Waals surface area contributed by atoms with Crippen LogP contribution in [0.2, 0.25) is 0 Å². The average Bonchev–Trinajstić information content (AvgIpc) is 2.72. The Morgan fingerprint density at radius 2 is 1.93 bits per heavy atom. The highest BCUT2D eigenvalue weighted by Crippen LogP contribution is 2.24. The lowest BCUT2D eigenvalue weighted by molar-refractivity contribution is -0.117. The topological polar surface area (TPSA) is 70.2 Å². The zero-order valence-corrected chi connectivity index (χ0v) is 16.7. The molecule has 5 nitrogen and oxygen atoms in total. The second-order valence-electron chi connectivity index (χ2n) is 7.74. The summed E-state index contributed by atoms with van der Waals surface area (Å²) in [6.07, 6.45) is 2.85. The largest absolute Gasteiger partial charge is 0.326 e. The Kier molecular flexibility index (Phi) is 7.36. The number of halogens is 1. The molecular formula is C23H28FN3O2. The molecule has 0 spiro atoms. The summed E-state index contributed by atoms with van der Waals surface area (Å²) >= 11 is 0. The van der Waals surface area contributed by atoms with E-state index < -0.39 is 5.82 Å². The van der Waals surface area contributed by atoms with E-state index in [1.807, 2.05) is 30.3 Å². The van der Waals surface area contributed by atoms with Gasteiger partial charge in [-0.05, 0) is 61.5 Å². The number of carbonyl (C=O) groups is 2. The Hall–Kier alpha value is -2.73. The van der Waals surface area contributed by atoms with Crippen LogP contribution in [0, 0.1) is 17.7 Å². The van der Waals surface area contributed by atoms with Gasteiger partial charge in [0.25, 0.3) is 0 Å². The molecule has 0 radical (unpaired) electrons. The fourth-order valence-electron chi connectivity index (χ4n) is 3.71. The Balaban J connectivity index is 1.56. The van der Waals surface area contributed by atoms with Crippen molar-refractivity contribution in [2.24, 2.45) is 11.8 Å². The smallest absolute Gasteiger partial charge is 0.228 e. The number of carbonyl (C=O) groups excluding carboxylic acids is 2. The van der Waals surface area contributed by atoms with Gasteiger partial charge in [-0.2, -0.15) is 0 Å². The van der Waals surface area contributed by atoms with E-state index in [-0.39, 0.29) is 29.8 Å². The number of anilines is 2. The molecule has 6 heteroatoms. The fraction of sp³-hybridized carbons (Fsp3) is 0.391. The van der Waals surface area contributed by atoms with E-state index >= 15 is 0 Å². The number of piperidine rings is 1. The highest BCUT2D eigenvalue weighted by atomic mass is 19.1. The van der Waals surface area contributed by atoms with Crippen molar-refractivity contribution in [1.29, 1.82) is 0 Å². The minimum Gasteiger partial charge on any atom is -0.326 e. The second-order valence-corrected chi connectivity index (χ2v) is 7.74. The third-order valence-electron chi connectivity index (χ3n) is 5.38. The first kappa shape index (κ1) is 21.0. The first-order chi connectivity index (χ1) is 14.0. The molecule has 1 heterocycles. The molecule has 0 saturated carbocycles. The summed E-state index contributed by atoms with van der Waals surface area (Å²) in [5.41, 5.74) is 1.38. The number of rotatable bonds is 7. The highest BCUT2D eigenvalue weighted by Gasteiger charge is 2.22. The molecule has 3 rings (SSSR count). The molecular weight excluding hydrogens is 369 g/mol. The maximum atomic E-state index is 14.1. The molecule has 2 aromatic rings. The van der Waals surface area contributed by atoms with Crippen LogP contribution >= 0.6 is 0 Å². The normalized spacial score (nSPS) is 17.4. The van der Waals surface area contributed by atoms with Gasteiger partial charge in [0.05, 0.1) is 12.1 Å². The standard InChI is InChI=1S/C23H28FN3O2/c1-16(18-8-5-11-25-15-18)12-22(28)26-19-9-10-20(24)21(14-19)27-23(29)13-17-6-3-2-4-7-17/h2-4,6-7,9-10,14,16,18,25H,5,8,11-13,15H2,1H3,(H,26,28)(H,27,29). The van der Waals surface area contributed by atoms with Crippen LogP contribution in [0.4, 0.5) is 15.8 Å². The lowest BCUT2D eigenvalue weighted by atomic mass is 9.85. The van der Waals surface area contributed by atoms with Crippen LogP contribution in [-0.2, 0) is 16.0 Å². The summed E-state index contributed by atoms with van der Waals surface area (Å²) < 4.78 is 14.1. The van der Waals surface area contributed by atoms with E-state index in [1.165, 1.54) is 18.2 Å². The maximum absolute atomic E-state index is 14.1. The summed E-state index contributed by atoms with van der Waals surface area (Å²) in [5, 5.41) is 8.79. The predicted molar refractivity (Wildman–Crippen MR) is 113 cm³/mol. The van der Waals surface area contributed by atoms with Gasteiger partial charge in [-0.1, -0.05) is 37.3 Å². The summed E-state index contributed by atoms with van der Waals surface area (Å²) in [6.45, 7) is 4.09. The van der Waals surface area contributed by atoms with Crippen molar-refractivity contribution in [3.8, 4) is 0 Å². The van der Waals surface area contributed by atoms with Gasteiger partial charge in [-0.3, -0.25) is 9.59 Å². The van der Waals surface area contributed by atoms with Crippen molar-refractivity contribution in [3.63, 3.8) is 0 Å². The monoisotopic (exact) mass is 397 g/mol. The van der Waals surface area contributed by atoms with Gasteiger partial charge in [0, 0.05) is 12.1 Å². The van der Waals surface area contributed by atoms with Crippen molar-refractivity contribution >= 4 is 23.2 Å². The van der Waals surface area contributed by atoms with Gasteiger partial charge in [0.1, 0.15) is 5.82 Å². The van der Waals surface area contributed by atoms with Crippen molar-refractivity contribution in [1.82, 2.24) is 5.32 Å². The molecule has 2 aromatic carbocycles. The van der Waals surface area contributed by atoms with Crippen molar-refractivity contribution in [2.45, 2.75) is 32.6 Å². The van der Waals surface area contributed by atoms with Crippen LogP contribution in [0.1, 0.15) is 31.7 Å². The molecule has 2 unspecified atom stereocenters. The predicted octanol–water partition coefficient (Wildman–Crippen LogP) is 3.97. The molecule has 1 fully saturated rings. The van der Waals surface area contributed by atoms with Crippen LogP contribution in [0.3, 0.4) is 0 Å². The fourth-order valence-corrected chi connectivity index (χ4v) is 3.71. The molecule has 2 amide bonds. The van der Waals surface area contributed by atoms with Crippen molar-refractivity contribution in [3.05, 3.63) is 59.9 Å². The van der Waals surface area contributed by atoms with Crippen LogP contribution in [-0.4, -0.2) is 24.9 Å². The van der Waals surface area contributed by atoms with Crippen LogP contribution < -0.4 is 16.0 Å². The number of hydrogen-bond donors (Lipinski definition) is 3. The highest BCUT2D eigenvalue weighted by molar-refractivity contribution is 5.95. The van der Waals surface area contributed by atoms with E-state index in [1.54, 1.807) is 0 Å². The van der Waals surface area contributed by atoms with Crippen LogP contribution in [0.15, 0.2) is 48.5 Å². The molecule has 154 valence electrons. The second kappa shape index (κ2) is 10.2. The van der Waals surface area contributed by atoms with Crippen molar-refractivity contribution in [2.75, 3.05) is 23.7 Å². The van der Waals surface area contributed by atoms with E-state index in [2.05, 4.69) is 22.9 Å². The van der Waals surface area contributed by atoms with Gasteiger partial charge in [0.2, 0.25) is 11.8 Å². The van der Waals surface area contributed by atoms with E-state index in [4.69, 9.17) is 0 Å². The molecule has 0 aliphatic carbocycles. The zero-order chi connectivity index (χ0) is 20.6. The maximum Gasteiger partial charge on any atom is 0.228 e. The van der Waals surface area contributed by atoms with E-state index in [9.17, 15) is 14.0 Å². The number of amides is 2. The van der Waals surface area contributed by atoms with Gasteiger partial charge >= 0.3 is 0 Å². The molecule has 3 N–H and O–H groups in total. The van der Waals surface area contributed by atoms with Crippen LogP contribution in [0.5, 0.6) is 0 Å². The quantitative estimate of drug-likeness (QED) is 0.662. The number of hydrogen-bond acceptors (Lipinski definition) is 3. The minimum atomic E-state index is -0.536. The minimum absolute atomic E-state index is 0.0632. The molecule has 0 bridgehead atoms. The Labute approximate surface area is 171 Å². The van der Waals surface area contributed by atoms with Crippen LogP contribution in [0.25, 0.3) is 0 Å². The average molecular weight is 397 g/mol. The third-order valence-corrected chi connectivity index (χ3v) is 5.38. The summed E-state index contributed by atoms with van der Waals surface area (Å²) in [4.78, 5) is 24.6. The Morgan fingerprint density at radius 1 is 1.14 bits per heavy atom. The summed E-state index contributed by atoms with van der Waals surface area (Å²) in [7, 11) is 0. The zero-order valence-electron chi connectivity index (χ0n) is 16.7. The van der Waals surface area contributed by atoms with Crippen molar-refractivity contribution < 1.29 is 14.0 Å². The van der Waals surface area contributed by atoms with E-state index in [0.29, 0.717) is 18.0 Å². The lowest BCUT2D eigenvalue weighted by Crippen LogP contribution is -2.34. The molecule has 29 heavy (non-hydrogen) atoms. The van der Waals surface area contributed by atoms with E-state index in [0.717, 1.165) is 31.5 Å². The first-order valence-electron chi connectivity index (χ1n) is 10.1. The third kappa shape index (κ3) is 6.39. The van der Waals surface area contributed by atoms with Gasteiger partial charge in [0.15, 0.2) is 0 Å². The first-order valence-corrected chi connectivity index (χ1v) is 10.1.